The van der Waals surface area contributed by atoms with Crippen molar-refractivity contribution in [2.24, 2.45) is 5.10 Å². The number of carbonyl (C=O) groups is 1. The van der Waals surface area contributed by atoms with Crippen molar-refractivity contribution in [1.82, 2.24) is 5.43 Å². The Labute approximate surface area is 227 Å². The van der Waals surface area contributed by atoms with Gasteiger partial charge in [-0.15, -0.1) is 0 Å². The van der Waals surface area contributed by atoms with Crippen LogP contribution in [-0.2, 0) is 33.8 Å². The van der Waals surface area contributed by atoms with Crippen LogP contribution in [0.5, 0.6) is 0 Å². The Morgan fingerprint density at radius 1 is 0.974 bits per heavy atom. The molecule has 11 heteroatoms. The lowest BCUT2D eigenvalue weighted by molar-refractivity contribution is -0.137. The molecular formula is C28H21ClF3N3O3S. The summed E-state index contributed by atoms with van der Waals surface area (Å²) in [6.07, 6.45) is -1.46. The van der Waals surface area contributed by atoms with Crippen LogP contribution in [0.4, 0.5) is 18.9 Å². The van der Waals surface area contributed by atoms with E-state index in [1.807, 2.05) is 24.3 Å². The van der Waals surface area contributed by atoms with Gasteiger partial charge in [-0.25, -0.2) is 13.8 Å². The lowest BCUT2D eigenvalue weighted by Crippen LogP contribution is -2.39. The van der Waals surface area contributed by atoms with Gasteiger partial charge >= 0.3 is 6.18 Å². The molecule has 5 rings (SSSR count). The number of benzene rings is 4. The Morgan fingerprint density at radius 2 is 1.69 bits per heavy atom. The zero-order valence-electron chi connectivity index (χ0n) is 20.2. The SMILES string of the molecule is O=C(CN(c1ccc(Cl)c(C(F)(F)F)c1)S(=O)(=O)c1ccccc1)N/N=C\c1ccc2c3c(cccc13)CC2. The van der Waals surface area contributed by atoms with Crippen LogP contribution in [0.25, 0.3) is 10.8 Å². The number of sulfonamides is 1. The first kappa shape index (κ1) is 26.7. The summed E-state index contributed by atoms with van der Waals surface area (Å²) in [5.74, 6) is -0.847. The average Bonchev–Trinajstić information content (AvgIpc) is 3.33. The van der Waals surface area contributed by atoms with Crippen molar-refractivity contribution in [3.8, 4) is 0 Å². The number of hydrazone groups is 1. The van der Waals surface area contributed by atoms with Gasteiger partial charge in [0.15, 0.2) is 0 Å². The van der Waals surface area contributed by atoms with Crippen molar-refractivity contribution >= 4 is 50.2 Å². The monoisotopic (exact) mass is 571 g/mol. The fourth-order valence-corrected chi connectivity index (χ4v) is 6.30. The van der Waals surface area contributed by atoms with Crippen LogP contribution >= 0.6 is 11.6 Å². The third-order valence-corrected chi connectivity index (χ3v) is 8.58. The van der Waals surface area contributed by atoms with Crippen molar-refractivity contribution in [3.63, 3.8) is 0 Å². The number of rotatable bonds is 7. The third kappa shape index (κ3) is 5.35. The highest BCUT2D eigenvalue weighted by atomic mass is 35.5. The average molecular weight is 572 g/mol. The Kier molecular flexibility index (Phi) is 7.09. The molecule has 1 N–H and O–H groups in total. The van der Waals surface area contributed by atoms with Crippen LogP contribution in [0.3, 0.4) is 0 Å². The Morgan fingerprint density at radius 3 is 2.41 bits per heavy atom. The summed E-state index contributed by atoms with van der Waals surface area (Å²) < 4.78 is 68.0. The van der Waals surface area contributed by atoms with Crippen LogP contribution in [0.15, 0.2) is 88.9 Å². The van der Waals surface area contributed by atoms with Gasteiger partial charge in [-0.3, -0.25) is 9.10 Å². The van der Waals surface area contributed by atoms with E-state index in [1.54, 1.807) is 6.07 Å². The molecule has 0 fully saturated rings. The fourth-order valence-electron chi connectivity index (χ4n) is 4.64. The largest absolute Gasteiger partial charge is 0.417 e. The summed E-state index contributed by atoms with van der Waals surface area (Å²) in [4.78, 5) is 12.6. The second kappa shape index (κ2) is 10.3. The quantitative estimate of drug-likeness (QED) is 0.220. The summed E-state index contributed by atoms with van der Waals surface area (Å²) in [6, 6.07) is 19.7. The van der Waals surface area contributed by atoms with Crippen molar-refractivity contribution in [2.75, 3.05) is 10.8 Å². The van der Waals surface area contributed by atoms with Gasteiger partial charge < -0.3 is 0 Å². The number of carbonyl (C=O) groups excluding carboxylic acids is 1. The number of nitrogens with one attached hydrogen (secondary N) is 1. The number of hydrogen-bond donors (Lipinski definition) is 1. The second-order valence-electron chi connectivity index (χ2n) is 8.93. The van der Waals surface area contributed by atoms with E-state index >= 15 is 0 Å². The molecule has 39 heavy (non-hydrogen) atoms. The summed E-state index contributed by atoms with van der Waals surface area (Å²) in [6.45, 7) is -0.822. The molecule has 0 heterocycles. The number of anilines is 1. The number of halogens is 4. The van der Waals surface area contributed by atoms with Gasteiger partial charge in [0.05, 0.1) is 27.4 Å². The van der Waals surface area contributed by atoms with E-state index < -0.39 is 39.2 Å². The summed E-state index contributed by atoms with van der Waals surface area (Å²) in [5, 5.41) is 5.55. The van der Waals surface area contributed by atoms with Gasteiger partial charge in [-0.1, -0.05) is 60.1 Å². The Bertz CT molecular complexity index is 1700. The second-order valence-corrected chi connectivity index (χ2v) is 11.2. The minimum absolute atomic E-state index is 0.197. The normalized spacial score (nSPS) is 13.2. The molecule has 4 aromatic carbocycles. The van der Waals surface area contributed by atoms with E-state index in [9.17, 15) is 26.4 Å². The number of nitrogens with zero attached hydrogens (tertiary/aromatic N) is 2. The topological polar surface area (TPSA) is 78.8 Å². The number of amides is 1. The fraction of sp³-hybridized carbons (Fsp3) is 0.143. The minimum atomic E-state index is -4.83. The van der Waals surface area contributed by atoms with Gasteiger partial charge in [0, 0.05) is 5.56 Å². The number of hydrogen-bond acceptors (Lipinski definition) is 4. The molecule has 4 aromatic rings. The lowest BCUT2D eigenvalue weighted by Gasteiger charge is -2.24. The summed E-state index contributed by atoms with van der Waals surface area (Å²) in [5.41, 5.74) is 3.95. The van der Waals surface area contributed by atoms with Crippen LogP contribution in [0.1, 0.15) is 22.3 Å². The van der Waals surface area contributed by atoms with Crippen LogP contribution < -0.4 is 9.73 Å². The van der Waals surface area contributed by atoms with Crippen LogP contribution in [-0.4, -0.2) is 27.1 Å². The summed E-state index contributed by atoms with van der Waals surface area (Å²) in [7, 11) is -4.42. The van der Waals surface area contributed by atoms with Gasteiger partial charge in [0.25, 0.3) is 15.9 Å². The highest BCUT2D eigenvalue weighted by Crippen LogP contribution is 2.38. The molecule has 0 atom stereocenters. The zero-order chi connectivity index (χ0) is 27.8. The molecule has 0 aliphatic heterocycles. The first-order valence-corrected chi connectivity index (χ1v) is 13.7. The molecule has 1 aliphatic rings. The van der Waals surface area contributed by atoms with E-state index in [1.165, 1.54) is 41.6 Å². The van der Waals surface area contributed by atoms with Gasteiger partial charge in [-0.05, 0) is 65.1 Å². The van der Waals surface area contributed by atoms with E-state index in [2.05, 4.69) is 16.6 Å². The third-order valence-electron chi connectivity index (χ3n) is 6.47. The van der Waals surface area contributed by atoms with Gasteiger partial charge in [0.1, 0.15) is 6.54 Å². The van der Waals surface area contributed by atoms with Crippen molar-refractivity contribution in [2.45, 2.75) is 23.9 Å². The molecule has 0 radical (unpaired) electrons. The molecule has 0 saturated heterocycles. The highest BCUT2D eigenvalue weighted by molar-refractivity contribution is 7.92. The van der Waals surface area contributed by atoms with Gasteiger partial charge in [0.2, 0.25) is 0 Å². The van der Waals surface area contributed by atoms with E-state index in [0.717, 1.165) is 41.3 Å². The maximum Gasteiger partial charge on any atom is 0.417 e. The van der Waals surface area contributed by atoms with Crippen molar-refractivity contribution in [3.05, 3.63) is 106 Å². The maximum atomic E-state index is 13.5. The standard InChI is InChI=1S/C28H21ClF3N3O3S/c29-25-14-13-21(15-24(25)28(30,31)32)35(39(37,38)22-6-2-1-3-7-22)17-26(36)34-33-16-20-12-11-19-10-9-18-5-4-8-23(20)27(18)19/h1-8,11-16H,9-10,17H2,(H,34,36)/b33-16-. The molecule has 6 nitrogen and oxygen atoms in total. The summed E-state index contributed by atoms with van der Waals surface area (Å²) >= 11 is 5.73. The Balaban J connectivity index is 1.43. The molecule has 200 valence electrons. The molecule has 1 aliphatic carbocycles. The van der Waals surface area contributed by atoms with Gasteiger partial charge in [-0.2, -0.15) is 18.3 Å². The van der Waals surface area contributed by atoms with E-state index in [-0.39, 0.29) is 10.6 Å². The molecule has 0 unspecified atom stereocenters. The molecular weight excluding hydrogens is 551 g/mol. The first-order chi connectivity index (χ1) is 18.6. The maximum absolute atomic E-state index is 13.5. The zero-order valence-corrected chi connectivity index (χ0v) is 21.8. The van der Waals surface area contributed by atoms with E-state index in [4.69, 9.17) is 11.6 Å². The molecule has 0 bridgehead atoms. The predicted octanol–water partition coefficient (Wildman–Crippen LogP) is 5.96. The molecule has 1 amide bonds. The van der Waals surface area contributed by atoms with Crippen molar-refractivity contribution < 1.29 is 26.4 Å². The number of alkyl halides is 3. The van der Waals surface area contributed by atoms with Crippen molar-refractivity contribution in [1.29, 1.82) is 0 Å². The predicted molar refractivity (Wildman–Crippen MR) is 145 cm³/mol. The van der Waals surface area contributed by atoms with Crippen LogP contribution in [0.2, 0.25) is 5.02 Å². The van der Waals surface area contributed by atoms with E-state index in [0.29, 0.717) is 10.4 Å². The molecule has 0 aromatic heterocycles. The van der Waals surface area contributed by atoms with Crippen LogP contribution in [0, 0.1) is 0 Å². The molecule has 0 saturated carbocycles. The Hall–Kier alpha value is -3.89. The lowest BCUT2D eigenvalue weighted by atomic mass is 10.0. The molecule has 0 spiro atoms. The smallest absolute Gasteiger partial charge is 0.271 e. The minimum Gasteiger partial charge on any atom is -0.271 e. The highest BCUT2D eigenvalue weighted by Gasteiger charge is 2.35. The first-order valence-electron chi connectivity index (χ1n) is 11.9. The number of aryl methyl sites for hydroxylation is 2.